The highest BCUT2D eigenvalue weighted by Crippen LogP contribution is 2.28. The molecule has 0 aliphatic rings. The van der Waals surface area contributed by atoms with E-state index in [0.717, 1.165) is 6.20 Å². The number of nitrogens with zero attached hydrogens (tertiary/aromatic N) is 1. The molecule has 3 aromatic rings. The number of alkyl halides is 3. The van der Waals surface area contributed by atoms with Crippen molar-refractivity contribution in [3.8, 4) is 0 Å². The Labute approximate surface area is 151 Å². The first-order chi connectivity index (χ1) is 12.3. The monoisotopic (exact) mass is 380 g/mol. The van der Waals surface area contributed by atoms with Crippen LogP contribution in [0.15, 0.2) is 54.7 Å². The maximum atomic E-state index is 12.8. The van der Waals surface area contributed by atoms with Gasteiger partial charge in [0.2, 0.25) is 5.91 Å². The summed E-state index contributed by atoms with van der Waals surface area (Å²) in [4.78, 5) is 23.9. The van der Waals surface area contributed by atoms with Crippen molar-refractivity contribution in [2.24, 2.45) is 0 Å². The summed E-state index contributed by atoms with van der Waals surface area (Å²) in [6.07, 6.45) is -3.94. The Bertz CT molecular complexity index is 996. The molecular formula is C18H12ClF3N2O2. The van der Waals surface area contributed by atoms with Crippen molar-refractivity contribution in [2.45, 2.75) is 12.7 Å². The Morgan fingerprint density at radius 1 is 1.04 bits per heavy atom. The first-order valence-corrected chi connectivity index (χ1v) is 7.89. The average molecular weight is 381 g/mol. The lowest BCUT2D eigenvalue weighted by molar-refractivity contribution is -0.116. The highest BCUT2D eigenvalue weighted by Gasteiger charge is 2.40. The molecule has 2 aromatic carbocycles. The highest BCUT2D eigenvalue weighted by molar-refractivity contribution is 6.33. The van der Waals surface area contributed by atoms with Gasteiger partial charge in [-0.05, 0) is 18.2 Å². The summed E-state index contributed by atoms with van der Waals surface area (Å²) in [6, 6.07) is 12.7. The summed E-state index contributed by atoms with van der Waals surface area (Å²) in [6.45, 7) is -0.267. The molecule has 0 aliphatic carbocycles. The van der Waals surface area contributed by atoms with Crippen molar-refractivity contribution in [3.05, 3.63) is 65.3 Å². The minimum atomic E-state index is -4.99. The summed E-state index contributed by atoms with van der Waals surface area (Å²) >= 11 is 5.97. The minimum Gasteiger partial charge on any atom is -0.337 e. The number of anilines is 1. The number of Topliss-reactive ketones (excluding diaryl/α,β-unsaturated/α-hetero) is 1. The van der Waals surface area contributed by atoms with Crippen molar-refractivity contribution in [1.29, 1.82) is 0 Å². The van der Waals surface area contributed by atoms with E-state index in [1.54, 1.807) is 36.4 Å². The van der Waals surface area contributed by atoms with Crippen LogP contribution < -0.4 is 5.32 Å². The second-order valence-corrected chi connectivity index (χ2v) is 5.95. The largest absolute Gasteiger partial charge is 0.454 e. The molecule has 1 aromatic heterocycles. The van der Waals surface area contributed by atoms with Gasteiger partial charge in [0.1, 0.15) is 6.54 Å². The highest BCUT2D eigenvalue weighted by atomic mass is 35.5. The Morgan fingerprint density at radius 3 is 2.38 bits per heavy atom. The van der Waals surface area contributed by atoms with Crippen LogP contribution in [0, 0.1) is 0 Å². The van der Waals surface area contributed by atoms with Crippen molar-refractivity contribution in [2.75, 3.05) is 5.32 Å². The van der Waals surface area contributed by atoms with E-state index in [0.29, 0.717) is 16.2 Å². The van der Waals surface area contributed by atoms with Gasteiger partial charge in [-0.15, -0.1) is 0 Å². The molecule has 0 radical (unpaired) electrons. The SMILES string of the molecule is O=C(Cn1cc(C(=O)C(F)(F)F)c2ccccc21)Nc1ccccc1Cl. The third-order valence-electron chi connectivity index (χ3n) is 3.75. The summed E-state index contributed by atoms with van der Waals surface area (Å²) < 4.78 is 39.7. The molecule has 0 spiro atoms. The lowest BCUT2D eigenvalue weighted by Crippen LogP contribution is -2.22. The number of aromatic nitrogens is 1. The van der Waals surface area contributed by atoms with Crippen molar-refractivity contribution in [1.82, 2.24) is 4.57 Å². The van der Waals surface area contributed by atoms with Crippen LogP contribution >= 0.6 is 11.6 Å². The molecule has 8 heteroatoms. The summed E-state index contributed by atoms with van der Waals surface area (Å²) in [5.41, 5.74) is 0.260. The van der Waals surface area contributed by atoms with Gasteiger partial charge in [0.25, 0.3) is 5.78 Å². The average Bonchev–Trinajstić information content (AvgIpc) is 2.94. The van der Waals surface area contributed by atoms with Crippen LogP contribution in [0.5, 0.6) is 0 Å². The van der Waals surface area contributed by atoms with Crippen LogP contribution in [-0.4, -0.2) is 22.4 Å². The Hall–Kier alpha value is -2.80. The van der Waals surface area contributed by atoms with E-state index in [-0.39, 0.29) is 11.9 Å². The smallest absolute Gasteiger partial charge is 0.337 e. The number of carbonyl (C=O) groups is 2. The standard InChI is InChI=1S/C18H12ClF3N2O2/c19-13-6-2-3-7-14(13)23-16(25)10-24-9-12(17(26)18(20,21)22)11-5-1-4-8-15(11)24/h1-9H,10H2,(H,23,25). The van der Waals surface area contributed by atoms with E-state index in [1.165, 1.54) is 16.7 Å². The van der Waals surface area contributed by atoms with Gasteiger partial charge in [0, 0.05) is 17.1 Å². The number of nitrogens with one attached hydrogen (secondary N) is 1. The normalized spacial score (nSPS) is 11.5. The number of hydrogen-bond acceptors (Lipinski definition) is 2. The summed E-state index contributed by atoms with van der Waals surface area (Å²) in [5, 5.41) is 3.07. The molecule has 0 aliphatic heterocycles. The first kappa shape index (κ1) is 18.0. The number of ketones is 1. The minimum absolute atomic E-state index is 0.139. The number of hydrogen-bond donors (Lipinski definition) is 1. The zero-order valence-electron chi connectivity index (χ0n) is 13.2. The molecule has 0 unspecified atom stereocenters. The van der Waals surface area contributed by atoms with Crippen LogP contribution in [0.4, 0.5) is 18.9 Å². The maximum absolute atomic E-state index is 12.8. The Balaban J connectivity index is 1.92. The Kier molecular flexibility index (Phi) is 4.73. The van der Waals surface area contributed by atoms with Gasteiger partial charge in [0.15, 0.2) is 0 Å². The molecule has 1 N–H and O–H groups in total. The van der Waals surface area contributed by atoms with Crippen LogP contribution in [0.3, 0.4) is 0 Å². The number of carbonyl (C=O) groups excluding carboxylic acids is 2. The molecular weight excluding hydrogens is 369 g/mol. The van der Waals surface area contributed by atoms with E-state index in [1.807, 2.05) is 0 Å². The van der Waals surface area contributed by atoms with Gasteiger partial charge < -0.3 is 9.88 Å². The molecule has 26 heavy (non-hydrogen) atoms. The lowest BCUT2D eigenvalue weighted by Gasteiger charge is -2.08. The van der Waals surface area contributed by atoms with Gasteiger partial charge >= 0.3 is 6.18 Å². The fourth-order valence-electron chi connectivity index (χ4n) is 2.62. The zero-order valence-corrected chi connectivity index (χ0v) is 13.9. The molecule has 134 valence electrons. The zero-order chi connectivity index (χ0) is 18.9. The van der Waals surface area contributed by atoms with Crippen LogP contribution in [0.1, 0.15) is 10.4 Å². The first-order valence-electron chi connectivity index (χ1n) is 7.51. The summed E-state index contributed by atoms with van der Waals surface area (Å²) in [7, 11) is 0. The summed E-state index contributed by atoms with van der Waals surface area (Å²) in [5.74, 6) is -2.43. The number of para-hydroxylation sites is 2. The third kappa shape index (κ3) is 3.57. The number of benzene rings is 2. The van der Waals surface area contributed by atoms with E-state index in [9.17, 15) is 22.8 Å². The van der Waals surface area contributed by atoms with Crippen LogP contribution in [-0.2, 0) is 11.3 Å². The molecule has 0 fully saturated rings. The van der Waals surface area contributed by atoms with Crippen molar-refractivity contribution < 1.29 is 22.8 Å². The lowest BCUT2D eigenvalue weighted by atomic mass is 10.1. The third-order valence-corrected chi connectivity index (χ3v) is 4.08. The number of fused-ring (bicyclic) bond motifs is 1. The molecule has 0 atom stereocenters. The number of rotatable bonds is 4. The Morgan fingerprint density at radius 2 is 1.69 bits per heavy atom. The predicted molar refractivity (Wildman–Crippen MR) is 92.4 cm³/mol. The van der Waals surface area contributed by atoms with Crippen LogP contribution in [0.2, 0.25) is 5.02 Å². The van der Waals surface area contributed by atoms with E-state index in [4.69, 9.17) is 11.6 Å². The van der Waals surface area contributed by atoms with E-state index in [2.05, 4.69) is 5.32 Å². The van der Waals surface area contributed by atoms with Gasteiger partial charge in [-0.25, -0.2) is 0 Å². The fraction of sp³-hybridized carbons (Fsp3) is 0.111. The molecule has 1 heterocycles. The van der Waals surface area contributed by atoms with Gasteiger partial charge in [0.05, 0.1) is 16.3 Å². The second-order valence-electron chi connectivity index (χ2n) is 5.54. The maximum Gasteiger partial charge on any atom is 0.454 e. The predicted octanol–water partition coefficient (Wildman–Crippen LogP) is 4.68. The second kappa shape index (κ2) is 6.84. The van der Waals surface area contributed by atoms with Gasteiger partial charge in [-0.2, -0.15) is 13.2 Å². The van der Waals surface area contributed by atoms with E-state index >= 15 is 0 Å². The molecule has 4 nitrogen and oxygen atoms in total. The molecule has 0 saturated carbocycles. The van der Waals surface area contributed by atoms with Crippen molar-refractivity contribution >= 4 is 39.9 Å². The molecule has 0 saturated heterocycles. The quantitative estimate of drug-likeness (QED) is 0.668. The number of halogens is 4. The topological polar surface area (TPSA) is 51.1 Å². The van der Waals surface area contributed by atoms with E-state index < -0.39 is 23.4 Å². The van der Waals surface area contributed by atoms with Gasteiger partial charge in [-0.3, -0.25) is 9.59 Å². The molecule has 3 rings (SSSR count). The molecule has 1 amide bonds. The number of amides is 1. The van der Waals surface area contributed by atoms with Gasteiger partial charge in [-0.1, -0.05) is 41.9 Å². The fourth-order valence-corrected chi connectivity index (χ4v) is 2.80. The molecule has 0 bridgehead atoms. The van der Waals surface area contributed by atoms with Crippen LogP contribution in [0.25, 0.3) is 10.9 Å². The van der Waals surface area contributed by atoms with Crippen molar-refractivity contribution in [3.63, 3.8) is 0 Å².